The van der Waals surface area contributed by atoms with Crippen LogP contribution in [0.5, 0.6) is 0 Å². The SMILES string of the molecule is O=C1N[C@@H]2[C@H]3N1CN(CCO)CN3C(=O)N2C1CCCCC1. The molecule has 2 atom stereocenters. The molecule has 0 aromatic heterocycles. The Kier molecular flexibility index (Phi) is 3.37. The van der Waals surface area contributed by atoms with Gasteiger partial charge in [0.25, 0.3) is 0 Å². The number of amides is 4. The molecule has 2 N–H and O–H groups in total. The Hall–Kier alpha value is -1.54. The van der Waals surface area contributed by atoms with Crippen molar-refractivity contribution >= 4 is 12.1 Å². The first-order chi connectivity index (χ1) is 10.7. The molecule has 4 fully saturated rings. The van der Waals surface area contributed by atoms with Gasteiger partial charge in [-0.1, -0.05) is 19.3 Å². The Balaban J connectivity index is 1.60. The average molecular weight is 309 g/mol. The van der Waals surface area contributed by atoms with Gasteiger partial charge in [-0.05, 0) is 12.8 Å². The van der Waals surface area contributed by atoms with Gasteiger partial charge >= 0.3 is 12.1 Å². The van der Waals surface area contributed by atoms with Crippen LogP contribution in [-0.4, -0.2) is 81.6 Å². The number of hydrogen-bond donors (Lipinski definition) is 2. The molecule has 3 saturated heterocycles. The predicted octanol–water partition coefficient (Wildman–Crippen LogP) is -0.0430. The molecule has 4 aliphatic rings. The fourth-order valence-corrected chi connectivity index (χ4v) is 4.30. The summed E-state index contributed by atoms with van der Waals surface area (Å²) in [6.07, 6.45) is 5.17. The molecule has 0 aromatic rings. The molecule has 122 valence electrons. The van der Waals surface area contributed by atoms with Gasteiger partial charge in [-0.2, -0.15) is 0 Å². The third-order valence-electron chi connectivity index (χ3n) is 5.31. The van der Waals surface area contributed by atoms with E-state index in [4.69, 9.17) is 5.11 Å². The fourth-order valence-electron chi connectivity index (χ4n) is 4.30. The van der Waals surface area contributed by atoms with E-state index in [0.29, 0.717) is 19.9 Å². The number of aliphatic hydroxyl groups excluding tert-OH is 1. The van der Waals surface area contributed by atoms with Gasteiger partial charge in [-0.3, -0.25) is 19.6 Å². The van der Waals surface area contributed by atoms with Gasteiger partial charge in [-0.25, -0.2) is 9.59 Å². The monoisotopic (exact) mass is 309 g/mol. The molecule has 8 heteroatoms. The van der Waals surface area contributed by atoms with E-state index in [2.05, 4.69) is 5.32 Å². The minimum atomic E-state index is -0.223. The molecule has 4 rings (SSSR count). The lowest BCUT2D eigenvalue weighted by Crippen LogP contribution is -2.60. The number of nitrogens with one attached hydrogen (secondary N) is 1. The molecule has 8 nitrogen and oxygen atoms in total. The Morgan fingerprint density at radius 3 is 2.55 bits per heavy atom. The Bertz CT molecular complexity index is 481. The zero-order chi connectivity index (χ0) is 15.3. The highest BCUT2D eigenvalue weighted by molar-refractivity contribution is 5.85. The van der Waals surface area contributed by atoms with Crippen molar-refractivity contribution in [1.29, 1.82) is 0 Å². The van der Waals surface area contributed by atoms with Crippen LogP contribution in [0.15, 0.2) is 0 Å². The van der Waals surface area contributed by atoms with Crippen molar-refractivity contribution in [1.82, 2.24) is 24.9 Å². The van der Waals surface area contributed by atoms with E-state index in [9.17, 15) is 9.59 Å². The second-order valence-electron chi connectivity index (χ2n) is 6.63. The highest BCUT2D eigenvalue weighted by atomic mass is 16.3. The summed E-state index contributed by atoms with van der Waals surface area (Å²) < 4.78 is 0. The Morgan fingerprint density at radius 1 is 1.09 bits per heavy atom. The number of carbonyl (C=O) groups excluding carboxylic acids is 2. The van der Waals surface area contributed by atoms with Crippen LogP contribution in [0.2, 0.25) is 0 Å². The quantitative estimate of drug-likeness (QED) is 0.766. The molecule has 4 amide bonds. The van der Waals surface area contributed by atoms with E-state index in [1.807, 2.05) is 9.80 Å². The molecule has 0 bridgehead atoms. The van der Waals surface area contributed by atoms with Gasteiger partial charge in [0.05, 0.1) is 19.9 Å². The van der Waals surface area contributed by atoms with Crippen molar-refractivity contribution in [2.24, 2.45) is 0 Å². The normalized spacial score (nSPS) is 32.7. The van der Waals surface area contributed by atoms with Crippen LogP contribution in [0.25, 0.3) is 0 Å². The van der Waals surface area contributed by atoms with Crippen molar-refractivity contribution in [2.75, 3.05) is 26.5 Å². The molecule has 1 saturated carbocycles. The van der Waals surface area contributed by atoms with Crippen LogP contribution in [0.4, 0.5) is 9.59 Å². The summed E-state index contributed by atoms with van der Waals surface area (Å²) in [7, 11) is 0. The predicted molar refractivity (Wildman–Crippen MR) is 77.4 cm³/mol. The lowest BCUT2D eigenvalue weighted by atomic mass is 9.94. The maximum absolute atomic E-state index is 12.9. The van der Waals surface area contributed by atoms with Gasteiger partial charge in [-0.15, -0.1) is 0 Å². The third kappa shape index (κ3) is 1.97. The van der Waals surface area contributed by atoms with E-state index in [1.54, 1.807) is 9.80 Å². The second kappa shape index (κ2) is 5.27. The first-order valence-corrected chi connectivity index (χ1v) is 8.20. The van der Waals surface area contributed by atoms with Crippen LogP contribution in [-0.2, 0) is 0 Å². The van der Waals surface area contributed by atoms with Crippen LogP contribution in [0.3, 0.4) is 0 Å². The topological polar surface area (TPSA) is 79.4 Å². The summed E-state index contributed by atoms with van der Waals surface area (Å²) in [4.78, 5) is 32.4. The van der Waals surface area contributed by atoms with E-state index < -0.39 is 0 Å². The number of nitrogens with zero attached hydrogens (tertiary/aromatic N) is 4. The minimum absolute atomic E-state index is 0.0227. The summed E-state index contributed by atoms with van der Waals surface area (Å²) in [6, 6.07) is 0.147. The van der Waals surface area contributed by atoms with E-state index >= 15 is 0 Å². The van der Waals surface area contributed by atoms with Crippen LogP contribution < -0.4 is 5.32 Å². The van der Waals surface area contributed by atoms with Crippen molar-refractivity contribution in [3.8, 4) is 0 Å². The number of hydrogen-bond acceptors (Lipinski definition) is 4. The van der Waals surface area contributed by atoms with E-state index in [0.717, 1.165) is 25.7 Å². The first-order valence-electron chi connectivity index (χ1n) is 8.20. The highest BCUT2D eigenvalue weighted by Crippen LogP contribution is 2.36. The summed E-state index contributed by atoms with van der Waals surface area (Å²) in [5.41, 5.74) is 0. The van der Waals surface area contributed by atoms with Crippen molar-refractivity contribution < 1.29 is 14.7 Å². The zero-order valence-corrected chi connectivity index (χ0v) is 12.6. The first kappa shape index (κ1) is 14.1. The Labute approximate surface area is 129 Å². The van der Waals surface area contributed by atoms with Crippen LogP contribution in [0.1, 0.15) is 32.1 Å². The molecule has 0 unspecified atom stereocenters. The number of rotatable bonds is 3. The van der Waals surface area contributed by atoms with Gasteiger partial charge in [0, 0.05) is 12.6 Å². The summed E-state index contributed by atoms with van der Waals surface area (Å²) in [5, 5.41) is 12.1. The number of β-amino-alcohol motifs (C(OH)–C–C–N with tert-alkyl or cyclic N) is 1. The van der Waals surface area contributed by atoms with Gasteiger partial charge < -0.3 is 10.4 Å². The van der Waals surface area contributed by atoms with Crippen molar-refractivity contribution in [3.63, 3.8) is 0 Å². The molecule has 0 aromatic carbocycles. The molecule has 3 aliphatic heterocycles. The van der Waals surface area contributed by atoms with Gasteiger partial charge in [0.15, 0.2) is 6.17 Å². The molecule has 0 spiro atoms. The van der Waals surface area contributed by atoms with Gasteiger partial charge in [0.2, 0.25) is 0 Å². The average Bonchev–Trinajstić information content (AvgIpc) is 2.99. The lowest BCUT2D eigenvalue weighted by Gasteiger charge is -2.41. The zero-order valence-electron chi connectivity index (χ0n) is 12.6. The minimum Gasteiger partial charge on any atom is -0.395 e. The number of aliphatic hydroxyl groups is 1. The van der Waals surface area contributed by atoms with Gasteiger partial charge in [0.1, 0.15) is 6.17 Å². The van der Waals surface area contributed by atoms with Crippen LogP contribution >= 0.6 is 0 Å². The molecule has 3 heterocycles. The highest BCUT2D eigenvalue weighted by Gasteiger charge is 2.58. The van der Waals surface area contributed by atoms with E-state index in [1.165, 1.54) is 6.42 Å². The number of urea groups is 2. The Morgan fingerprint density at radius 2 is 1.82 bits per heavy atom. The van der Waals surface area contributed by atoms with Crippen molar-refractivity contribution in [2.45, 2.75) is 50.5 Å². The summed E-state index contributed by atoms with van der Waals surface area (Å²) in [5.74, 6) is 0. The summed E-state index contributed by atoms with van der Waals surface area (Å²) in [6.45, 7) is 1.44. The molecular formula is C14H23N5O3. The lowest BCUT2D eigenvalue weighted by molar-refractivity contribution is -0.0165. The molecule has 0 radical (unpaired) electrons. The number of carbonyl (C=O) groups is 2. The summed E-state index contributed by atoms with van der Waals surface area (Å²) >= 11 is 0. The fraction of sp³-hybridized carbons (Fsp3) is 0.857. The third-order valence-corrected chi connectivity index (χ3v) is 5.31. The largest absolute Gasteiger partial charge is 0.395 e. The van der Waals surface area contributed by atoms with Crippen LogP contribution in [0, 0.1) is 0 Å². The molecule has 1 aliphatic carbocycles. The maximum Gasteiger partial charge on any atom is 0.324 e. The second-order valence-corrected chi connectivity index (χ2v) is 6.63. The van der Waals surface area contributed by atoms with E-state index in [-0.39, 0.29) is 37.0 Å². The smallest absolute Gasteiger partial charge is 0.324 e. The maximum atomic E-state index is 12.9. The molecule has 22 heavy (non-hydrogen) atoms. The van der Waals surface area contributed by atoms with Crippen molar-refractivity contribution in [3.05, 3.63) is 0 Å². The molecular weight excluding hydrogens is 286 g/mol. The standard InChI is InChI=1S/C14H23N5O3/c20-7-6-16-8-17-12-11(15-13(17)21)19(14(22)18(12)9-16)10-4-2-1-3-5-10/h10-12,20H,1-9H2,(H,15,21)/t11-,12-/m0/s1.